The van der Waals surface area contributed by atoms with E-state index in [4.69, 9.17) is 4.74 Å². The third-order valence-corrected chi connectivity index (χ3v) is 4.45. The van der Waals surface area contributed by atoms with Crippen LogP contribution in [0.15, 0.2) is 54.6 Å². The predicted molar refractivity (Wildman–Crippen MR) is 102 cm³/mol. The Morgan fingerprint density at radius 2 is 1.77 bits per heavy atom. The van der Waals surface area contributed by atoms with Crippen LogP contribution in [0.1, 0.15) is 33.6 Å². The van der Waals surface area contributed by atoms with Crippen molar-refractivity contribution in [1.29, 1.82) is 0 Å². The molecular formula is C22H20O4. The van der Waals surface area contributed by atoms with E-state index in [2.05, 4.69) is 0 Å². The van der Waals surface area contributed by atoms with Crippen molar-refractivity contribution in [1.82, 2.24) is 0 Å². The van der Waals surface area contributed by atoms with E-state index in [0.717, 1.165) is 16.5 Å². The number of fused-ring (bicyclic) bond motifs is 1. The molecule has 0 aliphatic heterocycles. The summed E-state index contributed by atoms with van der Waals surface area (Å²) in [6.07, 6.45) is 1.86. The molecule has 0 saturated carbocycles. The molecule has 4 nitrogen and oxygen atoms in total. The van der Waals surface area contributed by atoms with Gasteiger partial charge in [-0.15, -0.1) is 0 Å². The molecule has 0 aliphatic rings. The maximum atomic E-state index is 12.1. The lowest BCUT2D eigenvalue weighted by Crippen LogP contribution is -2.01. The number of aromatic hydroxyl groups is 1. The molecule has 0 fully saturated rings. The summed E-state index contributed by atoms with van der Waals surface area (Å²) < 4.78 is 4.97. The van der Waals surface area contributed by atoms with E-state index in [1.807, 2.05) is 42.5 Å². The highest BCUT2D eigenvalue weighted by Gasteiger charge is 2.09. The molecule has 0 radical (unpaired) electrons. The molecule has 0 saturated heterocycles. The van der Waals surface area contributed by atoms with Gasteiger partial charge in [-0.25, -0.2) is 0 Å². The number of rotatable bonds is 7. The molecule has 0 bridgehead atoms. The maximum Gasteiger partial charge on any atom is 0.162 e. The third-order valence-electron chi connectivity index (χ3n) is 4.45. The first-order valence-electron chi connectivity index (χ1n) is 8.47. The molecule has 3 aromatic rings. The van der Waals surface area contributed by atoms with Gasteiger partial charge in [0.25, 0.3) is 0 Å². The standard InChI is InChI=1S/C22H20O4/c1-26-12-2-3-21(24)16-6-4-15(5-7-16)17-8-10-19-18(13-17)9-11-22(25)20(19)14-23/h4-11,13-14,25H,2-3,12H2,1H3. The van der Waals surface area contributed by atoms with Crippen LogP contribution < -0.4 is 0 Å². The first-order valence-corrected chi connectivity index (χ1v) is 8.47. The Bertz CT molecular complexity index is 942. The summed E-state index contributed by atoms with van der Waals surface area (Å²) in [6.45, 7) is 0.583. The van der Waals surface area contributed by atoms with Gasteiger partial charge in [-0.1, -0.05) is 42.5 Å². The Balaban J connectivity index is 1.86. The van der Waals surface area contributed by atoms with Crippen molar-refractivity contribution in [2.75, 3.05) is 13.7 Å². The van der Waals surface area contributed by atoms with Gasteiger partial charge in [-0.05, 0) is 40.5 Å². The molecule has 0 aromatic heterocycles. The monoisotopic (exact) mass is 348 g/mol. The third kappa shape index (κ3) is 3.65. The van der Waals surface area contributed by atoms with Crippen molar-refractivity contribution in [3.63, 3.8) is 0 Å². The molecule has 0 atom stereocenters. The van der Waals surface area contributed by atoms with Crippen LogP contribution in [-0.4, -0.2) is 30.9 Å². The summed E-state index contributed by atoms with van der Waals surface area (Å²) in [5, 5.41) is 11.4. The molecule has 26 heavy (non-hydrogen) atoms. The number of ether oxygens (including phenoxy) is 1. The Morgan fingerprint density at radius 3 is 2.46 bits per heavy atom. The Hall–Kier alpha value is -2.98. The number of aldehydes is 1. The number of methoxy groups -OCH3 is 1. The highest BCUT2D eigenvalue weighted by molar-refractivity contribution is 6.02. The lowest BCUT2D eigenvalue weighted by atomic mass is 9.97. The summed E-state index contributed by atoms with van der Waals surface area (Å²) in [6, 6.07) is 16.5. The van der Waals surface area contributed by atoms with E-state index in [-0.39, 0.29) is 11.5 Å². The van der Waals surface area contributed by atoms with Crippen LogP contribution in [0.4, 0.5) is 0 Å². The number of carbonyl (C=O) groups excluding carboxylic acids is 2. The number of ketones is 1. The fourth-order valence-electron chi connectivity index (χ4n) is 3.02. The number of hydrogen-bond donors (Lipinski definition) is 1. The number of hydrogen-bond acceptors (Lipinski definition) is 4. The van der Waals surface area contributed by atoms with Gasteiger partial charge in [-0.2, -0.15) is 0 Å². The maximum absolute atomic E-state index is 12.1. The average Bonchev–Trinajstić information content (AvgIpc) is 2.68. The zero-order valence-electron chi connectivity index (χ0n) is 14.6. The zero-order valence-corrected chi connectivity index (χ0v) is 14.6. The predicted octanol–water partition coefficient (Wildman–Crippen LogP) is 4.63. The number of Topliss-reactive ketones (excluding diaryl/α,β-unsaturated/α-hetero) is 1. The van der Waals surface area contributed by atoms with Crippen LogP contribution in [-0.2, 0) is 4.74 Å². The summed E-state index contributed by atoms with van der Waals surface area (Å²) in [5.74, 6) is 0.0924. The van der Waals surface area contributed by atoms with Gasteiger partial charge >= 0.3 is 0 Å². The fraction of sp³-hybridized carbons (Fsp3) is 0.182. The van der Waals surface area contributed by atoms with Gasteiger partial charge in [0.1, 0.15) is 5.75 Å². The Labute approximate surface area is 152 Å². The molecule has 3 aromatic carbocycles. The second kappa shape index (κ2) is 7.93. The van der Waals surface area contributed by atoms with Crippen molar-refractivity contribution >= 4 is 22.8 Å². The van der Waals surface area contributed by atoms with E-state index in [1.54, 1.807) is 13.2 Å². The average molecular weight is 348 g/mol. The quantitative estimate of drug-likeness (QED) is 0.384. The first-order chi connectivity index (χ1) is 12.6. The van der Waals surface area contributed by atoms with Crippen molar-refractivity contribution < 1.29 is 19.4 Å². The summed E-state index contributed by atoms with van der Waals surface area (Å²) >= 11 is 0. The van der Waals surface area contributed by atoms with Gasteiger partial charge in [0.2, 0.25) is 0 Å². The largest absolute Gasteiger partial charge is 0.507 e. The van der Waals surface area contributed by atoms with Crippen LogP contribution in [0.2, 0.25) is 0 Å². The minimum absolute atomic E-state index is 0.0170. The van der Waals surface area contributed by atoms with Crippen LogP contribution in [0.3, 0.4) is 0 Å². The minimum atomic E-state index is -0.0170. The molecule has 132 valence electrons. The zero-order chi connectivity index (χ0) is 18.5. The second-order valence-corrected chi connectivity index (χ2v) is 6.15. The van der Waals surface area contributed by atoms with E-state index >= 15 is 0 Å². The minimum Gasteiger partial charge on any atom is -0.507 e. The van der Waals surface area contributed by atoms with E-state index < -0.39 is 0 Å². The molecule has 0 heterocycles. The number of carbonyl (C=O) groups is 2. The van der Waals surface area contributed by atoms with Gasteiger partial charge in [-0.3, -0.25) is 9.59 Å². The summed E-state index contributed by atoms with van der Waals surface area (Å²) in [4.78, 5) is 23.3. The molecule has 0 unspecified atom stereocenters. The van der Waals surface area contributed by atoms with Gasteiger partial charge in [0, 0.05) is 25.7 Å². The number of phenolic OH excluding ortho intramolecular Hbond substituents is 1. The molecule has 1 N–H and O–H groups in total. The molecule has 3 rings (SSSR count). The van der Waals surface area contributed by atoms with Gasteiger partial charge < -0.3 is 9.84 Å². The highest BCUT2D eigenvalue weighted by atomic mass is 16.5. The van der Waals surface area contributed by atoms with Crippen LogP contribution in [0.5, 0.6) is 5.75 Å². The molecule has 0 amide bonds. The fourth-order valence-corrected chi connectivity index (χ4v) is 3.02. The first kappa shape index (κ1) is 17.8. The van der Waals surface area contributed by atoms with Crippen LogP contribution in [0.25, 0.3) is 21.9 Å². The molecule has 4 heteroatoms. The van der Waals surface area contributed by atoms with Crippen molar-refractivity contribution in [3.05, 3.63) is 65.7 Å². The second-order valence-electron chi connectivity index (χ2n) is 6.15. The van der Waals surface area contributed by atoms with Crippen LogP contribution >= 0.6 is 0 Å². The topological polar surface area (TPSA) is 63.6 Å². The normalized spacial score (nSPS) is 10.8. The molecule has 0 spiro atoms. The summed E-state index contributed by atoms with van der Waals surface area (Å²) in [5.41, 5.74) is 2.96. The van der Waals surface area contributed by atoms with E-state index in [1.165, 1.54) is 6.07 Å². The molecule has 0 aliphatic carbocycles. The lowest BCUT2D eigenvalue weighted by molar-refractivity contribution is 0.0963. The van der Waals surface area contributed by atoms with Gasteiger partial charge in [0.05, 0.1) is 5.56 Å². The van der Waals surface area contributed by atoms with Crippen LogP contribution in [0, 0.1) is 0 Å². The summed E-state index contributed by atoms with van der Waals surface area (Å²) in [7, 11) is 1.63. The lowest BCUT2D eigenvalue weighted by Gasteiger charge is -2.08. The molecular weight excluding hydrogens is 328 g/mol. The Morgan fingerprint density at radius 1 is 1.04 bits per heavy atom. The Kier molecular flexibility index (Phi) is 5.44. The van der Waals surface area contributed by atoms with Crippen molar-refractivity contribution in [3.8, 4) is 16.9 Å². The SMILES string of the molecule is COCCCC(=O)c1ccc(-c2ccc3c(C=O)c(O)ccc3c2)cc1. The van der Waals surface area contributed by atoms with E-state index in [0.29, 0.717) is 42.2 Å². The number of benzene rings is 3. The van der Waals surface area contributed by atoms with E-state index in [9.17, 15) is 14.7 Å². The van der Waals surface area contributed by atoms with Crippen molar-refractivity contribution in [2.45, 2.75) is 12.8 Å². The van der Waals surface area contributed by atoms with Crippen molar-refractivity contribution in [2.24, 2.45) is 0 Å². The smallest absolute Gasteiger partial charge is 0.162 e. The number of phenols is 1. The highest BCUT2D eigenvalue weighted by Crippen LogP contribution is 2.30. The van der Waals surface area contributed by atoms with Gasteiger partial charge in [0.15, 0.2) is 12.1 Å².